The standard InChI is InChI=1S/C18H13F3N2O3/c1-11-6-2-3-7-12(11)16-22-15(26-23-16)10-25-17(24)13-8-4-5-9-14(13)18(19,20)21/h2-9H,10H2,1H3. The second kappa shape index (κ2) is 6.99. The zero-order chi connectivity index (χ0) is 18.7. The number of alkyl halides is 3. The van der Waals surface area contributed by atoms with Crippen molar-refractivity contribution in [3.05, 3.63) is 71.1 Å². The van der Waals surface area contributed by atoms with Crippen LogP contribution in [-0.2, 0) is 17.5 Å². The Morgan fingerprint density at radius 1 is 1.12 bits per heavy atom. The fourth-order valence-electron chi connectivity index (χ4n) is 2.36. The van der Waals surface area contributed by atoms with Gasteiger partial charge < -0.3 is 9.26 Å². The van der Waals surface area contributed by atoms with Gasteiger partial charge in [-0.1, -0.05) is 41.6 Å². The van der Waals surface area contributed by atoms with Gasteiger partial charge in [0.2, 0.25) is 5.82 Å². The van der Waals surface area contributed by atoms with E-state index in [1.165, 1.54) is 12.1 Å². The predicted molar refractivity (Wildman–Crippen MR) is 85.0 cm³/mol. The number of ether oxygens (including phenoxy) is 1. The van der Waals surface area contributed by atoms with Gasteiger partial charge in [-0.05, 0) is 24.6 Å². The molecular formula is C18H13F3N2O3. The second-order valence-corrected chi connectivity index (χ2v) is 5.45. The van der Waals surface area contributed by atoms with Crippen LogP contribution in [0.25, 0.3) is 11.4 Å². The van der Waals surface area contributed by atoms with E-state index < -0.39 is 29.9 Å². The van der Waals surface area contributed by atoms with Crippen molar-refractivity contribution >= 4 is 5.97 Å². The van der Waals surface area contributed by atoms with Gasteiger partial charge in [0.25, 0.3) is 5.89 Å². The molecule has 0 saturated carbocycles. The lowest BCUT2D eigenvalue weighted by atomic mass is 10.1. The second-order valence-electron chi connectivity index (χ2n) is 5.45. The Kier molecular flexibility index (Phi) is 4.75. The van der Waals surface area contributed by atoms with E-state index in [0.717, 1.165) is 23.3 Å². The van der Waals surface area contributed by atoms with E-state index in [1.807, 2.05) is 25.1 Å². The van der Waals surface area contributed by atoms with Gasteiger partial charge in [-0.2, -0.15) is 18.2 Å². The molecule has 0 amide bonds. The number of rotatable bonds is 4. The summed E-state index contributed by atoms with van der Waals surface area (Å²) in [4.78, 5) is 16.1. The number of aromatic nitrogens is 2. The maximum Gasteiger partial charge on any atom is 0.417 e. The maximum absolute atomic E-state index is 13.0. The fourth-order valence-corrected chi connectivity index (χ4v) is 2.36. The SMILES string of the molecule is Cc1ccccc1-c1noc(COC(=O)c2ccccc2C(F)(F)F)n1. The molecule has 3 aromatic rings. The molecule has 1 aromatic heterocycles. The first-order valence-corrected chi connectivity index (χ1v) is 7.58. The van der Waals surface area contributed by atoms with E-state index in [-0.39, 0.29) is 5.89 Å². The number of halogens is 3. The summed E-state index contributed by atoms with van der Waals surface area (Å²) >= 11 is 0. The quantitative estimate of drug-likeness (QED) is 0.643. The lowest BCUT2D eigenvalue weighted by Gasteiger charge is -2.11. The molecule has 0 aliphatic heterocycles. The van der Waals surface area contributed by atoms with Gasteiger partial charge in [0, 0.05) is 5.56 Å². The van der Waals surface area contributed by atoms with Crippen LogP contribution in [0.15, 0.2) is 53.1 Å². The fraction of sp³-hybridized carbons (Fsp3) is 0.167. The number of esters is 1. The zero-order valence-electron chi connectivity index (χ0n) is 13.6. The van der Waals surface area contributed by atoms with Gasteiger partial charge in [0.15, 0.2) is 6.61 Å². The Balaban J connectivity index is 1.73. The molecule has 1 heterocycles. The summed E-state index contributed by atoms with van der Waals surface area (Å²) < 4.78 is 48.7. The summed E-state index contributed by atoms with van der Waals surface area (Å²) in [5.74, 6) is -0.820. The van der Waals surface area contributed by atoms with Gasteiger partial charge in [-0.3, -0.25) is 0 Å². The molecule has 0 bridgehead atoms. The van der Waals surface area contributed by atoms with Gasteiger partial charge >= 0.3 is 12.1 Å². The minimum absolute atomic E-state index is 0.0129. The lowest BCUT2D eigenvalue weighted by molar-refractivity contribution is -0.138. The van der Waals surface area contributed by atoms with Crippen molar-refractivity contribution in [2.24, 2.45) is 0 Å². The number of benzene rings is 2. The van der Waals surface area contributed by atoms with E-state index in [2.05, 4.69) is 10.1 Å². The third-order valence-corrected chi connectivity index (χ3v) is 3.63. The Bertz CT molecular complexity index is 935. The molecule has 5 nitrogen and oxygen atoms in total. The van der Waals surface area contributed by atoms with Crippen LogP contribution < -0.4 is 0 Å². The molecule has 134 valence electrons. The Morgan fingerprint density at radius 2 is 1.81 bits per heavy atom. The van der Waals surface area contributed by atoms with Crippen molar-refractivity contribution in [1.29, 1.82) is 0 Å². The van der Waals surface area contributed by atoms with Crippen LogP contribution in [-0.4, -0.2) is 16.1 Å². The topological polar surface area (TPSA) is 65.2 Å². The van der Waals surface area contributed by atoms with Gasteiger partial charge in [0.1, 0.15) is 0 Å². The summed E-state index contributed by atoms with van der Waals surface area (Å²) in [6, 6.07) is 11.7. The van der Waals surface area contributed by atoms with Gasteiger partial charge in [-0.25, -0.2) is 4.79 Å². The summed E-state index contributed by atoms with van der Waals surface area (Å²) in [6.45, 7) is 1.45. The molecule has 0 radical (unpaired) electrons. The zero-order valence-corrected chi connectivity index (χ0v) is 13.6. The molecule has 0 aliphatic carbocycles. The number of hydrogen-bond acceptors (Lipinski definition) is 5. The molecule has 0 spiro atoms. The molecule has 26 heavy (non-hydrogen) atoms. The van der Waals surface area contributed by atoms with Crippen molar-refractivity contribution in [3.63, 3.8) is 0 Å². The van der Waals surface area contributed by atoms with Crippen molar-refractivity contribution in [1.82, 2.24) is 10.1 Å². The van der Waals surface area contributed by atoms with Crippen LogP contribution in [0.3, 0.4) is 0 Å². The van der Waals surface area contributed by atoms with E-state index >= 15 is 0 Å². The van der Waals surface area contributed by atoms with Crippen molar-refractivity contribution < 1.29 is 27.2 Å². The molecule has 3 rings (SSSR count). The summed E-state index contributed by atoms with van der Waals surface area (Å²) in [7, 11) is 0. The first-order chi connectivity index (χ1) is 12.4. The third kappa shape index (κ3) is 3.74. The summed E-state index contributed by atoms with van der Waals surface area (Å²) in [6.07, 6.45) is -4.65. The van der Waals surface area contributed by atoms with Crippen LogP contribution in [0.2, 0.25) is 0 Å². The molecule has 0 unspecified atom stereocenters. The number of hydrogen-bond donors (Lipinski definition) is 0. The number of nitrogens with zero attached hydrogens (tertiary/aromatic N) is 2. The van der Waals surface area contributed by atoms with Crippen molar-refractivity contribution in [2.45, 2.75) is 19.7 Å². The normalized spacial score (nSPS) is 11.4. The average Bonchev–Trinajstić information content (AvgIpc) is 3.08. The molecule has 2 aromatic carbocycles. The van der Waals surface area contributed by atoms with E-state index in [0.29, 0.717) is 5.82 Å². The highest BCUT2D eigenvalue weighted by molar-refractivity contribution is 5.91. The Hall–Kier alpha value is -3.16. The van der Waals surface area contributed by atoms with E-state index in [1.54, 1.807) is 6.07 Å². The van der Waals surface area contributed by atoms with Crippen LogP contribution in [0.1, 0.15) is 27.4 Å². The van der Waals surface area contributed by atoms with E-state index in [9.17, 15) is 18.0 Å². The number of aryl methyl sites for hydroxylation is 1. The third-order valence-electron chi connectivity index (χ3n) is 3.63. The molecule has 0 atom stereocenters. The molecular weight excluding hydrogens is 349 g/mol. The minimum atomic E-state index is -4.65. The molecule has 0 N–H and O–H groups in total. The van der Waals surface area contributed by atoms with Crippen LogP contribution >= 0.6 is 0 Å². The largest absolute Gasteiger partial charge is 0.452 e. The number of carbonyl (C=O) groups is 1. The number of carbonyl (C=O) groups excluding carboxylic acids is 1. The van der Waals surface area contributed by atoms with Crippen LogP contribution in [0.4, 0.5) is 13.2 Å². The predicted octanol–water partition coefficient (Wildman–Crippen LogP) is 4.42. The average molecular weight is 362 g/mol. The highest BCUT2D eigenvalue weighted by Crippen LogP contribution is 2.32. The van der Waals surface area contributed by atoms with Gasteiger partial charge in [-0.15, -0.1) is 0 Å². The van der Waals surface area contributed by atoms with Crippen LogP contribution in [0.5, 0.6) is 0 Å². The Labute approximate surface area is 146 Å². The smallest absolute Gasteiger partial charge is 0.417 e. The summed E-state index contributed by atoms with van der Waals surface area (Å²) in [5.41, 5.74) is 0.0435. The first-order valence-electron chi connectivity index (χ1n) is 7.58. The molecule has 0 fully saturated rings. The lowest BCUT2D eigenvalue weighted by Crippen LogP contribution is -2.15. The Morgan fingerprint density at radius 3 is 2.54 bits per heavy atom. The first kappa shape index (κ1) is 17.7. The highest BCUT2D eigenvalue weighted by atomic mass is 19.4. The van der Waals surface area contributed by atoms with E-state index in [4.69, 9.17) is 9.26 Å². The molecule has 0 saturated heterocycles. The van der Waals surface area contributed by atoms with Crippen LogP contribution in [0, 0.1) is 6.92 Å². The highest BCUT2D eigenvalue weighted by Gasteiger charge is 2.35. The van der Waals surface area contributed by atoms with Crippen molar-refractivity contribution in [2.75, 3.05) is 0 Å². The monoisotopic (exact) mass is 362 g/mol. The maximum atomic E-state index is 13.0. The molecule has 8 heteroatoms. The summed E-state index contributed by atoms with van der Waals surface area (Å²) in [5, 5.41) is 3.80. The van der Waals surface area contributed by atoms with Crippen molar-refractivity contribution in [3.8, 4) is 11.4 Å². The minimum Gasteiger partial charge on any atom is -0.452 e. The molecule has 0 aliphatic rings. The van der Waals surface area contributed by atoms with Gasteiger partial charge in [0.05, 0.1) is 11.1 Å².